The average molecular weight is 460 g/mol. The number of piperazine rings is 1. The first-order valence-electron chi connectivity index (χ1n) is 12.0. The van der Waals surface area contributed by atoms with Crippen LogP contribution in [0, 0.1) is 0 Å². The van der Waals surface area contributed by atoms with Crippen LogP contribution < -0.4 is 5.56 Å². The molecule has 0 radical (unpaired) electrons. The van der Waals surface area contributed by atoms with E-state index in [9.17, 15) is 14.4 Å². The minimum Gasteiger partial charge on any atom is -0.342 e. The smallest absolute Gasteiger partial charge is 0.279 e. The van der Waals surface area contributed by atoms with Crippen LogP contribution in [0.25, 0.3) is 16.5 Å². The van der Waals surface area contributed by atoms with Crippen molar-refractivity contribution in [2.75, 3.05) is 45.8 Å². The van der Waals surface area contributed by atoms with Crippen molar-refractivity contribution in [3.8, 4) is 5.69 Å². The number of aromatic nitrogens is 2. The third-order valence-corrected chi connectivity index (χ3v) is 6.74. The monoisotopic (exact) mass is 459 g/mol. The SMILES string of the molecule is O=C(CN1CCN(C(=O)c2nn(-c3ccccc3)c(=O)c3ccccc23)CC1)N1CCCCC1. The van der Waals surface area contributed by atoms with Crippen molar-refractivity contribution in [1.82, 2.24) is 24.5 Å². The van der Waals surface area contributed by atoms with E-state index in [2.05, 4.69) is 10.00 Å². The maximum Gasteiger partial charge on any atom is 0.279 e. The summed E-state index contributed by atoms with van der Waals surface area (Å²) in [5.41, 5.74) is 0.643. The highest BCUT2D eigenvalue weighted by atomic mass is 16.2. The lowest BCUT2D eigenvalue weighted by molar-refractivity contribution is -0.133. The molecular weight excluding hydrogens is 430 g/mol. The van der Waals surface area contributed by atoms with Gasteiger partial charge in [-0.1, -0.05) is 36.4 Å². The zero-order valence-electron chi connectivity index (χ0n) is 19.2. The normalized spacial score (nSPS) is 17.2. The van der Waals surface area contributed by atoms with Gasteiger partial charge in [0.1, 0.15) is 0 Å². The Morgan fingerprint density at radius 1 is 0.735 bits per heavy atom. The summed E-state index contributed by atoms with van der Waals surface area (Å²) >= 11 is 0. The minimum absolute atomic E-state index is 0.182. The van der Waals surface area contributed by atoms with Gasteiger partial charge in [0.2, 0.25) is 5.91 Å². The molecule has 34 heavy (non-hydrogen) atoms. The Balaban J connectivity index is 1.34. The Morgan fingerprint density at radius 3 is 2.09 bits per heavy atom. The van der Waals surface area contributed by atoms with Crippen LogP contribution in [-0.2, 0) is 4.79 Å². The topological polar surface area (TPSA) is 78.8 Å². The highest BCUT2D eigenvalue weighted by molar-refractivity contribution is 6.04. The zero-order valence-corrected chi connectivity index (χ0v) is 19.2. The Labute approximate surface area is 198 Å². The van der Waals surface area contributed by atoms with Crippen LogP contribution >= 0.6 is 0 Å². The Morgan fingerprint density at radius 2 is 1.38 bits per heavy atom. The maximum atomic E-state index is 13.5. The van der Waals surface area contributed by atoms with Gasteiger partial charge in [-0.3, -0.25) is 19.3 Å². The van der Waals surface area contributed by atoms with E-state index in [1.807, 2.05) is 29.2 Å². The molecule has 1 aromatic heterocycles. The van der Waals surface area contributed by atoms with Crippen molar-refractivity contribution in [3.05, 3.63) is 70.6 Å². The summed E-state index contributed by atoms with van der Waals surface area (Å²) in [6.45, 7) is 4.44. The molecule has 0 saturated carbocycles. The molecule has 2 aliphatic heterocycles. The Hall–Kier alpha value is -3.52. The van der Waals surface area contributed by atoms with Gasteiger partial charge in [-0.15, -0.1) is 0 Å². The van der Waals surface area contributed by atoms with E-state index in [1.54, 1.807) is 35.2 Å². The molecule has 0 unspecified atom stereocenters. The van der Waals surface area contributed by atoms with Crippen molar-refractivity contribution in [2.24, 2.45) is 0 Å². The molecule has 2 amide bonds. The molecule has 0 atom stereocenters. The van der Waals surface area contributed by atoms with Crippen LogP contribution in [0.2, 0.25) is 0 Å². The first-order valence-corrected chi connectivity index (χ1v) is 12.0. The summed E-state index contributed by atoms with van der Waals surface area (Å²) in [4.78, 5) is 45.1. The standard InChI is InChI=1S/C26H29N5O3/c32-23(29-13-7-2-8-14-29)19-28-15-17-30(18-16-28)26(34)24-21-11-5-6-12-22(21)25(33)31(27-24)20-9-3-1-4-10-20/h1,3-6,9-12H,2,7-8,13-19H2. The van der Waals surface area contributed by atoms with Gasteiger partial charge in [0.15, 0.2) is 5.69 Å². The van der Waals surface area contributed by atoms with Crippen molar-refractivity contribution >= 4 is 22.6 Å². The van der Waals surface area contributed by atoms with Crippen LogP contribution in [0.5, 0.6) is 0 Å². The molecule has 3 heterocycles. The van der Waals surface area contributed by atoms with Crippen LogP contribution in [0.1, 0.15) is 29.8 Å². The number of likely N-dealkylation sites (tertiary alicyclic amines) is 1. The number of hydrogen-bond donors (Lipinski definition) is 0. The molecule has 2 aromatic carbocycles. The third kappa shape index (κ3) is 4.46. The molecule has 8 heteroatoms. The van der Waals surface area contributed by atoms with E-state index in [1.165, 1.54) is 11.1 Å². The molecule has 3 aromatic rings. The van der Waals surface area contributed by atoms with Gasteiger partial charge in [0, 0.05) is 44.7 Å². The second kappa shape index (κ2) is 9.77. The lowest BCUT2D eigenvalue weighted by Crippen LogP contribution is -2.52. The Bertz CT molecular complexity index is 1240. The fourth-order valence-corrected chi connectivity index (χ4v) is 4.79. The number of hydrogen-bond acceptors (Lipinski definition) is 5. The largest absolute Gasteiger partial charge is 0.342 e. The molecule has 0 N–H and O–H groups in total. The summed E-state index contributed by atoms with van der Waals surface area (Å²) in [7, 11) is 0. The van der Waals surface area contributed by atoms with E-state index >= 15 is 0 Å². The predicted molar refractivity (Wildman–Crippen MR) is 130 cm³/mol. The van der Waals surface area contributed by atoms with E-state index in [0.29, 0.717) is 49.2 Å². The lowest BCUT2D eigenvalue weighted by atomic mass is 10.1. The molecule has 2 saturated heterocycles. The van der Waals surface area contributed by atoms with Gasteiger partial charge in [0.05, 0.1) is 17.6 Å². The Kier molecular flexibility index (Phi) is 6.40. The van der Waals surface area contributed by atoms with Gasteiger partial charge < -0.3 is 9.80 Å². The van der Waals surface area contributed by atoms with E-state index < -0.39 is 0 Å². The van der Waals surface area contributed by atoms with E-state index in [-0.39, 0.29) is 23.1 Å². The fraction of sp³-hybridized carbons (Fsp3) is 0.385. The number of piperidine rings is 1. The second-order valence-corrected chi connectivity index (χ2v) is 8.96. The van der Waals surface area contributed by atoms with Gasteiger partial charge in [0.25, 0.3) is 11.5 Å². The number of para-hydroxylation sites is 1. The number of amides is 2. The van der Waals surface area contributed by atoms with Gasteiger partial charge >= 0.3 is 0 Å². The van der Waals surface area contributed by atoms with Gasteiger partial charge in [-0.2, -0.15) is 9.78 Å². The number of benzene rings is 2. The molecule has 5 rings (SSSR count). The minimum atomic E-state index is -0.251. The molecule has 2 fully saturated rings. The molecule has 2 aliphatic rings. The number of fused-ring (bicyclic) bond motifs is 1. The van der Waals surface area contributed by atoms with E-state index in [4.69, 9.17) is 0 Å². The molecule has 8 nitrogen and oxygen atoms in total. The van der Waals surface area contributed by atoms with Crippen LogP contribution in [-0.4, -0.2) is 82.1 Å². The summed E-state index contributed by atoms with van der Waals surface area (Å²) in [5.74, 6) is -0.00929. The molecule has 0 spiro atoms. The zero-order chi connectivity index (χ0) is 23.5. The summed E-state index contributed by atoms with van der Waals surface area (Å²) in [6, 6.07) is 16.3. The molecular formula is C26H29N5O3. The van der Waals surface area contributed by atoms with Crippen LogP contribution in [0.3, 0.4) is 0 Å². The third-order valence-electron chi connectivity index (χ3n) is 6.74. The van der Waals surface area contributed by atoms with Crippen molar-refractivity contribution in [3.63, 3.8) is 0 Å². The average Bonchev–Trinajstić information content (AvgIpc) is 2.90. The summed E-state index contributed by atoms with van der Waals surface area (Å²) in [6.07, 6.45) is 3.37. The number of carbonyl (C=O) groups excluding carboxylic acids is 2. The number of nitrogens with zero attached hydrogens (tertiary/aromatic N) is 5. The predicted octanol–water partition coefficient (Wildman–Crippen LogP) is 2.16. The summed E-state index contributed by atoms with van der Waals surface area (Å²) < 4.78 is 1.31. The fourth-order valence-electron chi connectivity index (χ4n) is 4.79. The summed E-state index contributed by atoms with van der Waals surface area (Å²) in [5, 5.41) is 5.54. The van der Waals surface area contributed by atoms with Crippen molar-refractivity contribution < 1.29 is 9.59 Å². The number of carbonyl (C=O) groups is 2. The van der Waals surface area contributed by atoms with Gasteiger partial charge in [-0.05, 0) is 37.5 Å². The van der Waals surface area contributed by atoms with Crippen molar-refractivity contribution in [2.45, 2.75) is 19.3 Å². The second-order valence-electron chi connectivity index (χ2n) is 8.96. The molecule has 176 valence electrons. The lowest BCUT2D eigenvalue weighted by Gasteiger charge is -2.36. The highest BCUT2D eigenvalue weighted by Crippen LogP contribution is 2.18. The highest BCUT2D eigenvalue weighted by Gasteiger charge is 2.28. The van der Waals surface area contributed by atoms with Crippen LogP contribution in [0.4, 0.5) is 0 Å². The van der Waals surface area contributed by atoms with Crippen molar-refractivity contribution in [1.29, 1.82) is 0 Å². The van der Waals surface area contributed by atoms with Crippen LogP contribution in [0.15, 0.2) is 59.4 Å². The molecule has 0 aliphatic carbocycles. The first-order chi connectivity index (χ1) is 16.6. The van der Waals surface area contributed by atoms with Gasteiger partial charge in [-0.25, -0.2) is 0 Å². The maximum absolute atomic E-state index is 13.5. The number of rotatable bonds is 4. The molecule has 0 bridgehead atoms. The van der Waals surface area contributed by atoms with E-state index in [0.717, 1.165) is 25.9 Å². The quantitative estimate of drug-likeness (QED) is 0.598. The first kappa shape index (κ1) is 22.3.